The van der Waals surface area contributed by atoms with Crippen molar-refractivity contribution in [3.8, 4) is 0 Å². The molecule has 90 valence electrons. The van der Waals surface area contributed by atoms with Crippen LogP contribution < -0.4 is 0 Å². The van der Waals surface area contributed by atoms with E-state index in [2.05, 4.69) is 45.0 Å². The van der Waals surface area contributed by atoms with E-state index in [0.717, 1.165) is 12.8 Å². The Hall–Kier alpha value is -0.820. The van der Waals surface area contributed by atoms with E-state index < -0.39 is 5.60 Å². The molecule has 0 aliphatic heterocycles. The van der Waals surface area contributed by atoms with Gasteiger partial charge in [0, 0.05) is 0 Å². The number of aliphatic hydroxyl groups is 1. The molecule has 1 nitrogen and oxygen atoms in total. The van der Waals surface area contributed by atoms with Gasteiger partial charge in [0.1, 0.15) is 0 Å². The number of aryl methyl sites for hydroxylation is 1. The maximum absolute atomic E-state index is 9.66. The third-order valence-corrected chi connectivity index (χ3v) is 2.85. The van der Waals surface area contributed by atoms with Crippen molar-refractivity contribution in [1.29, 1.82) is 0 Å². The molecule has 0 aliphatic rings. The summed E-state index contributed by atoms with van der Waals surface area (Å²) in [4.78, 5) is 0. The van der Waals surface area contributed by atoms with Crippen LogP contribution in [0.4, 0.5) is 0 Å². The average molecular weight is 220 g/mol. The molecular weight excluding hydrogens is 196 g/mol. The fourth-order valence-electron chi connectivity index (χ4n) is 1.62. The van der Waals surface area contributed by atoms with E-state index in [9.17, 15) is 5.11 Å². The van der Waals surface area contributed by atoms with Crippen LogP contribution in [0.1, 0.15) is 52.2 Å². The minimum absolute atomic E-state index is 0.217. The van der Waals surface area contributed by atoms with Gasteiger partial charge in [-0.1, -0.05) is 45.0 Å². The first-order valence-electron chi connectivity index (χ1n) is 6.00. The zero-order valence-corrected chi connectivity index (χ0v) is 11.2. The van der Waals surface area contributed by atoms with Crippen LogP contribution >= 0.6 is 0 Å². The summed E-state index contributed by atoms with van der Waals surface area (Å²) in [5.41, 5.74) is 2.31. The van der Waals surface area contributed by atoms with Gasteiger partial charge in [0.2, 0.25) is 0 Å². The molecule has 0 heterocycles. The molecular formula is C15H24O. The van der Waals surface area contributed by atoms with Gasteiger partial charge in [-0.25, -0.2) is 0 Å². The zero-order chi connectivity index (χ0) is 12.4. The largest absolute Gasteiger partial charge is 0.390 e. The Balaban J connectivity index is 2.66. The second kappa shape index (κ2) is 4.58. The maximum atomic E-state index is 9.66. The van der Waals surface area contributed by atoms with Gasteiger partial charge in [-0.3, -0.25) is 0 Å². The Morgan fingerprint density at radius 2 is 1.44 bits per heavy atom. The van der Waals surface area contributed by atoms with Gasteiger partial charge in [0.05, 0.1) is 5.60 Å². The van der Waals surface area contributed by atoms with Crippen molar-refractivity contribution in [2.75, 3.05) is 0 Å². The van der Waals surface area contributed by atoms with Crippen molar-refractivity contribution in [2.45, 2.75) is 58.5 Å². The molecule has 0 saturated heterocycles. The highest BCUT2D eigenvalue weighted by Crippen LogP contribution is 2.23. The van der Waals surface area contributed by atoms with E-state index in [-0.39, 0.29) is 5.41 Å². The van der Waals surface area contributed by atoms with Crippen LogP contribution in [0.2, 0.25) is 0 Å². The molecule has 0 saturated carbocycles. The van der Waals surface area contributed by atoms with Crippen molar-refractivity contribution >= 4 is 0 Å². The van der Waals surface area contributed by atoms with E-state index in [0.29, 0.717) is 0 Å². The predicted molar refractivity (Wildman–Crippen MR) is 69.8 cm³/mol. The van der Waals surface area contributed by atoms with Crippen LogP contribution in [0.3, 0.4) is 0 Å². The van der Waals surface area contributed by atoms with Crippen LogP contribution in [-0.4, -0.2) is 10.7 Å². The summed E-state index contributed by atoms with van der Waals surface area (Å²) >= 11 is 0. The standard InChI is InChI=1S/C15H24O/c1-14(2,3)13-8-6-12(7-9-13)10-11-15(4,5)16/h6-9,16H,10-11H2,1-5H3. The minimum Gasteiger partial charge on any atom is -0.390 e. The fourth-order valence-corrected chi connectivity index (χ4v) is 1.62. The van der Waals surface area contributed by atoms with Crippen molar-refractivity contribution in [2.24, 2.45) is 0 Å². The molecule has 0 atom stereocenters. The lowest BCUT2D eigenvalue weighted by Gasteiger charge is -2.20. The summed E-state index contributed by atoms with van der Waals surface area (Å²) in [7, 11) is 0. The summed E-state index contributed by atoms with van der Waals surface area (Å²) < 4.78 is 0. The third-order valence-electron chi connectivity index (χ3n) is 2.85. The molecule has 1 aromatic rings. The van der Waals surface area contributed by atoms with Crippen LogP contribution in [0.15, 0.2) is 24.3 Å². The Labute approximate surface area is 99.5 Å². The molecule has 0 unspecified atom stereocenters. The van der Waals surface area contributed by atoms with Crippen molar-refractivity contribution < 1.29 is 5.11 Å². The quantitative estimate of drug-likeness (QED) is 0.823. The van der Waals surface area contributed by atoms with Crippen LogP contribution in [-0.2, 0) is 11.8 Å². The molecule has 0 radical (unpaired) electrons. The third kappa shape index (κ3) is 4.36. The molecule has 0 amide bonds. The summed E-state index contributed by atoms with van der Waals surface area (Å²) in [5, 5.41) is 9.66. The number of benzene rings is 1. The molecule has 0 aliphatic carbocycles. The van der Waals surface area contributed by atoms with Gasteiger partial charge in [-0.15, -0.1) is 0 Å². The van der Waals surface area contributed by atoms with Gasteiger partial charge in [-0.2, -0.15) is 0 Å². The first-order chi connectivity index (χ1) is 7.18. The lowest BCUT2D eigenvalue weighted by molar-refractivity contribution is 0.0714. The topological polar surface area (TPSA) is 20.2 Å². The smallest absolute Gasteiger partial charge is 0.0594 e. The summed E-state index contributed by atoms with van der Waals surface area (Å²) in [6.07, 6.45) is 1.75. The van der Waals surface area contributed by atoms with E-state index in [1.54, 1.807) is 0 Å². The zero-order valence-electron chi connectivity index (χ0n) is 11.2. The van der Waals surface area contributed by atoms with Gasteiger partial charge in [-0.05, 0) is 43.2 Å². The first-order valence-corrected chi connectivity index (χ1v) is 6.00. The van der Waals surface area contributed by atoms with E-state index in [4.69, 9.17) is 0 Å². The lowest BCUT2D eigenvalue weighted by Crippen LogP contribution is -2.19. The van der Waals surface area contributed by atoms with E-state index in [1.165, 1.54) is 11.1 Å². The summed E-state index contributed by atoms with van der Waals surface area (Å²) in [6.45, 7) is 10.4. The SMILES string of the molecule is CC(C)(O)CCc1ccc(C(C)(C)C)cc1. The van der Waals surface area contributed by atoms with E-state index >= 15 is 0 Å². The van der Waals surface area contributed by atoms with Gasteiger partial charge in [0.25, 0.3) is 0 Å². The van der Waals surface area contributed by atoms with Crippen molar-refractivity contribution in [3.63, 3.8) is 0 Å². The Morgan fingerprint density at radius 3 is 1.81 bits per heavy atom. The van der Waals surface area contributed by atoms with E-state index in [1.807, 2.05) is 13.8 Å². The molecule has 0 bridgehead atoms. The van der Waals surface area contributed by atoms with Crippen LogP contribution in [0.25, 0.3) is 0 Å². The minimum atomic E-state index is -0.567. The maximum Gasteiger partial charge on any atom is 0.0594 e. The number of rotatable bonds is 3. The lowest BCUT2D eigenvalue weighted by atomic mass is 9.86. The highest BCUT2D eigenvalue weighted by Gasteiger charge is 2.14. The Morgan fingerprint density at radius 1 is 0.938 bits per heavy atom. The molecule has 1 aromatic carbocycles. The summed E-state index contributed by atoms with van der Waals surface area (Å²) in [5.74, 6) is 0. The second-order valence-corrected chi connectivity index (χ2v) is 6.26. The molecule has 0 aromatic heterocycles. The predicted octanol–water partition coefficient (Wildman–Crippen LogP) is 3.69. The monoisotopic (exact) mass is 220 g/mol. The Bertz CT molecular complexity index is 322. The normalized spacial score (nSPS) is 12.9. The molecule has 16 heavy (non-hydrogen) atoms. The highest BCUT2D eigenvalue weighted by molar-refractivity contribution is 5.27. The Kier molecular flexibility index (Phi) is 3.80. The number of hydrogen-bond acceptors (Lipinski definition) is 1. The van der Waals surface area contributed by atoms with Crippen molar-refractivity contribution in [3.05, 3.63) is 35.4 Å². The highest BCUT2D eigenvalue weighted by atomic mass is 16.3. The van der Waals surface area contributed by atoms with Gasteiger partial charge in [0.15, 0.2) is 0 Å². The average Bonchev–Trinajstić information content (AvgIpc) is 2.13. The molecule has 1 N–H and O–H groups in total. The molecule has 0 spiro atoms. The fraction of sp³-hybridized carbons (Fsp3) is 0.600. The van der Waals surface area contributed by atoms with Crippen molar-refractivity contribution in [1.82, 2.24) is 0 Å². The second-order valence-electron chi connectivity index (χ2n) is 6.26. The summed E-state index contributed by atoms with van der Waals surface area (Å²) in [6, 6.07) is 8.73. The first kappa shape index (κ1) is 13.2. The van der Waals surface area contributed by atoms with Gasteiger partial charge >= 0.3 is 0 Å². The molecule has 0 fully saturated rings. The van der Waals surface area contributed by atoms with Crippen LogP contribution in [0, 0.1) is 0 Å². The molecule has 1 heteroatoms. The van der Waals surface area contributed by atoms with Gasteiger partial charge < -0.3 is 5.11 Å². The van der Waals surface area contributed by atoms with Crippen LogP contribution in [0.5, 0.6) is 0 Å². The number of hydrogen-bond donors (Lipinski definition) is 1. The molecule has 1 rings (SSSR count).